The van der Waals surface area contributed by atoms with E-state index in [9.17, 15) is 13.6 Å². The summed E-state index contributed by atoms with van der Waals surface area (Å²) in [6, 6.07) is 4.37. The molecule has 0 spiro atoms. The van der Waals surface area contributed by atoms with Crippen LogP contribution in [-0.4, -0.2) is 51.2 Å². The smallest absolute Gasteiger partial charge is 0.387 e. The Hall–Kier alpha value is -1.60. The van der Waals surface area contributed by atoms with Gasteiger partial charge in [0.05, 0.1) is 7.11 Å². The molecule has 5 nitrogen and oxygen atoms in total. The molecule has 0 bridgehead atoms. The van der Waals surface area contributed by atoms with Crippen molar-refractivity contribution in [3.63, 3.8) is 0 Å². The van der Waals surface area contributed by atoms with Gasteiger partial charge in [-0.2, -0.15) is 8.78 Å². The lowest BCUT2D eigenvalue weighted by molar-refractivity contribution is -0.0512. The van der Waals surface area contributed by atoms with Crippen LogP contribution in [0.25, 0.3) is 0 Å². The number of rotatable bonds is 7. The molecule has 0 unspecified atom stereocenters. The van der Waals surface area contributed by atoms with E-state index in [1.165, 1.54) is 19.2 Å². The van der Waals surface area contributed by atoms with E-state index in [1.54, 1.807) is 11.0 Å². The number of carbonyl (C=O) groups excluding carboxylic acids is 1. The molecule has 25 heavy (non-hydrogen) atoms. The largest absolute Gasteiger partial charge is 0.493 e. The fourth-order valence-electron chi connectivity index (χ4n) is 2.95. The normalized spacial score (nSPS) is 15.0. The minimum atomic E-state index is -2.97. The summed E-state index contributed by atoms with van der Waals surface area (Å²) in [5.41, 5.74) is 0.333. The highest BCUT2D eigenvalue weighted by molar-refractivity contribution is 5.95. The second-order valence-corrected chi connectivity index (χ2v) is 5.87. The van der Waals surface area contributed by atoms with Crippen molar-refractivity contribution in [1.29, 1.82) is 0 Å². The molecule has 1 N–H and O–H groups in total. The van der Waals surface area contributed by atoms with Crippen LogP contribution in [0.4, 0.5) is 8.78 Å². The minimum absolute atomic E-state index is 0. The molecular formula is C17H25ClF2N2O3. The fraction of sp³-hybridized carbons (Fsp3) is 0.588. The van der Waals surface area contributed by atoms with Crippen LogP contribution in [0.1, 0.15) is 29.6 Å². The van der Waals surface area contributed by atoms with Gasteiger partial charge in [0.15, 0.2) is 11.5 Å². The van der Waals surface area contributed by atoms with E-state index in [0.29, 0.717) is 24.6 Å². The Labute approximate surface area is 153 Å². The predicted molar refractivity (Wildman–Crippen MR) is 94.0 cm³/mol. The Morgan fingerprint density at radius 1 is 1.32 bits per heavy atom. The molecule has 1 aliphatic heterocycles. The predicted octanol–water partition coefficient (Wildman–Crippen LogP) is 3.18. The molecule has 0 radical (unpaired) electrons. The molecule has 0 aliphatic carbocycles. The average molecular weight is 379 g/mol. The van der Waals surface area contributed by atoms with E-state index in [1.807, 2.05) is 7.05 Å². The first kappa shape index (κ1) is 21.4. The maximum atomic E-state index is 12.6. The van der Waals surface area contributed by atoms with E-state index >= 15 is 0 Å². The van der Waals surface area contributed by atoms with Crippen LogP contribution in [0.15, 0.2) is 18.2 Å². The zero-order valence-corrected chi connectivity index (χ0v) is 15.3. The van der Waals surface area contributed by atoms with E-state index < -0.39 is 6.61 Å². The van der Waals surface area contributed by atoms with Crippen molar-refractivity contribution in [2.24, 2.45) is 5.92 Å². The molecule has 8 heteroatoms. The lowest BCUT2D eigenvalue weighted by Gasteiger charge is -2.32. The van der Waals surface area contributed by atoms with Gasteiger partial charge in [-0.25, -0.2) is 0 Å². The summed E-state index contributed by atoms with van der Waals surface area (Å²) in [4.78, 5) is 14.4. The number of ether oxygens (including phenoxy) is 2. The Balaban J connectivity index is 0.00000312. The number of amides is 1. The molecule has 1 heterocycles. The SMILES string of the molecule is CNCCC1CCN(C(=O)c2ccc(OC)c(OC(F)F)c2)CC1.Cl. The van der Waals surface area contributed by atoms with Crippen LogP contribution in [0, 0.1) is 5.92 Å². The molecular weight excluding hydrogens is 354 g/mol. The van der Waals surface area contributed by atoms with Crippen molar-refractivity contribution < 1.29 is 23.0 Å². The van der Waals surface area contributed by atoms with Gasteiger partial charge in [-0.05, 0) is 57.0 Å². The summed E-state index contributed by atoms with van der Waals surface area (Å²) in [5, 5.41) is 3.14. The lowest BCUT2D eigenvalue weighted by atomic mass is 9.93. The minimum Gasteiger partial charge on any atom is -0.493 e. The molecule has 2 rings (SSSR count). The van der Waals surface area contributed by atoms with Crippen molar-refractivity contribution in [3.05, 3.63) is 23.8 Å². The maximum Gasteiger partial charge on any atom is 0.387 e. The van der Waals surface area contributed by atoms with Gasteiger partial charge in [0.25, 0.3) is 5.91 Å². The van der Waals surface area contributed by atoms with E-state index in [2.05, 4.69) is 10.1 Å². The Kier molecular flexibility index (Phi) is 8.92. The highest BCUT2D eigenvalue weighted by Gasteiger charge is 2.24. The van der Waals surface area contributed by atoms with Crippen LogP contribution in [-0.2, 0) is 0 Å². The van der Waals surface area contributed by atoms with Crippen molar-refractivity contribution >= 4 is 18.3 Å². The number of hydrogen-bond donors (Lipinski definition) is 1. The number of halogens is 3. The Morgan fingerprint density at radius 2 is 2.00 bits per heavy atom. The van der Waals surface area contributed by atoms with Gasteiger partial charge in [0.2, 0.25) is 0 Å². The highest BCUT2D eigenvalue weighted by atomic mass is 35.5. The molecule has 1 saturated heterocycles. The van der Waals surface area contributed by atoms with E-state index in [4.69, 9.17) is 4.74 Å². The molecule has 142 valence electrons. The number of alkyl halides is 2. The molecule has 1 amide bonds. The van der Waals surface area contributed by atoms with Gasteiger partial charge in [0, 0.05) is 18.7 Å². The summed E-state index contributed by atoms with van der Waals surface area (Å²) in [5.74, 6) is 0.513. The number of carbonyl (C=O) groups is 1. The molecule has 1 aliphatic rings. The monoisotopic (exact) mass is 378 g/mol. The summed E-state index contributed by atoms with van der Waals surface area (Å²) >= 11 is 0. The fourth-order valence-corrected chi connectivity index (χ4v) is 2.95. The van der Waals surface area contributed by atoms with Crippen molar-refractivity contribution in [1.82, 2.24) is 10.2 Å². The summed E-state index contributed by atoms with van der Waals surface area (Å²) < 4.78 is 34.4. The van der Waals surface area contributed by atoms with Crippen LogP contribution in [0.3, 0.4) is 0 Å². The third kappa shape index (κ3) is 6.01. The first-order valence-corrected chi connectivity index (χ1v) is 8.12. The third-order valence-electron chi connectivity index (χ3n) is 4.33. The number of benzene rings is 1. The third-order valence-corrected chi connectivity index (χ3v) is 4.33. The molecule has 0 saturated carbocycles. The first-order chi connectivity index (χ1) is 11.5. The van der Waals surface area contributed by atoms with Gasteiger partial charge < -0.3 is 19.7 Å². The number of nitrogens with zero attached hydrogens (tertiary/aromatic N) is 1. The van der Waals surface area contributed by atoms with E-state index in [-0.39, 0.29) is 29.8 Å². The van der Waals surface area contributed by atoms with Crippen LogP contribution in [0.2, 0.25) is 0 Å². The van der Waals surface area contributed by atoms with E-state index in [0.717, 1.165) is 25.8 Å². The van der Waals surface area contributed by atoms with Crippen molar-refractivity contribution in [2.75, 3.05) is 33.8 Å². The first-order valence-electron chi connectivity index (χ1n) is 8.12. The van der Waals surface area contributed by atoms with Gasteiger partial charge in [-0.15, -0.1) is 12.4 Å². The number of piperidine rings is 1. The molecule has 0 aromatic heterocycles. The zero-order chi connectivity index (χ0) is 17.5. The topological polar surface area (TPSA) is 50.8 Å². The quantitative estimate of drug-likeness (QED) is 0.791. The Morgan fingerprint density at radius 3 is 2.56 bits per heavy atom. The number of likely N-dealkylation sites (tertiary alicyclic amines) is 1. The molecule has 1 aromatic carbocycles. The van der Waals surface area contributed by atoms with Gasteiger partial charge >= 0.3 is 6.61 Å². The summed E-state index contributed by atoms with van der Waals surface area (Å²) in [7, 11) is 3.30. The molecule has 1 fully saturated rings. The highest BCUT2D eigenvalue weighted by Crippen LogP contribution is 2.30. The maximum absolute atomic E-state index is 12.6. The summed E-state index contributed by atoms with van der Waals surface area (Å²) in [6.45, 7) is -0.618. The standard InChI is InChI=1S/C17H24F2N2O3.ClH/c1-20-8-5-12-6-9-21(10-7-12)16(22)13-3-4-14(23-2)15(11-13)24-17(18)19;/h3-4,11-12,17,20H,5-10H2,1-2H3;1H. The number of nitrogens with one attached hydrogen (secondary N) is 1. The second kappa shape index (κ2) is 10.4. The van der Waals surface area contributed by atoms with Gasteiger partial charge in [-0.3, -0.25) is 4.79 Å². The van der Waals surface area contributed by atoms with Crippen molar-refractivity contribution in [2.45, 2.75) is 25.9 Å². The Bertz CT molecular complexity index is 553. The number of methoxy groups -OCH3 is 1. The average Bonchev–Trinajstić information content (AvgIpc) is 2.59. The lowest BCUT2D eigenvalue weighted by Crippen LogP contribution is -2.39. The summed E-state index contributed by atoms with van der Waals surface area (Å²) in [6.07, 6.45) is 3.03. The number of hydrogen-bond acceptors (Lipinski definition) is 4. The van der Waals surface area contributed by atoms with Crippen LogP contribution in [0.5, 0.6) is 11.5 Å². The van der Waals surface area contributed by atoms with Gasteiger partial charge in [0.1, 0.15) is 0 Å². The molecule has 1 aromatic rings. The second-order valence-electron chi connectivity index (χ2n) is 5.87. The van der Waals surface area contributed by atoms with Crippen LogP contribution >= 0.6 is 12.4 Å². The molecule has 0 atom stereocenters. The van der Waals surface area contributed by atoms with Gasteiger partial charge in [-0.1, -0.05) is 0 Å². The van der Waals surface area contributed by atoms with Crippen LogP contribution < -0.4 is 14.8 Å². The zero-order valence-electron chi connectivity index (χ0n) is 14.5. The van der Waals surface area contributed by atoms with Crippen molar-refractivity contribution in [3.8, 4) is 11.5 Å².